The molecule has 0 spiro atoms. The molecule has 0 unspecified atom stereocenters. The van der Waals surface area contributed by atoms with Crippen LogP contribution in [-0.2, 0) is 20.9 Å². The molecular formula is C19H19ClN2O3. The summed E-state index contributed by atoms with van der Waals surface area (Å²) in [5.74, 6) is -0.467. The fourth-order valence-corrected chi connectivity index (χ4v) is 2.80. The smallest absolute Gasteiger partial charge is 0.249 e. The Morgan fingerprint density at radius 2 is 1.88 bits per heavy atom. The number of ether oxygens (including phenoxy) is 1. The number of carbonyl (C=O) groups excluding carboxylic acids is 2. The van der Waals surface area contributed by atoms with Crippen LogP contribution in [0.15, 0.2) is 48.5 Å². The minimum Gasteiger partial charge on any atom is -0.369 e. The molecule has 1 N–H and O–H groups in total. The summed E-state index contributed by atoms with van der Waals surface area (Å²) in [4.78, 5) is 26.5. The van der Waals surface area contributed by atoms with Gasteiger partial charge in [0.15, 0.2) is 0 Å². The number of carbonyl (C=O) groups is 2. The molecule has 3 rings (SSSR count). The quantitative estimate of drug-likeness (QED) is 0.914. The molecule has 2 aromatic rings. The van der Waals surface area contributed by atoms with Crippen LogP contribution in [-0.4, -0.2) is 36.0 Å². The number of nitrogens with zero attached hydrogens (tertiary/aromatic N) is 1. The number of nitrogens with one attached hydrogen (secondary N) is 1. The van der Waals surface area contributed by atoms with Gasteiger partial charge in [-0.2, -0.15) is 0 Å². The summed E-state index contributed by atoms with van der Waals surface area (Å²) >= 11 is 5.85. The van der Waals surface area contributed by atoms with Gasteiger partial charge in [0.25, 0.3) is 0 Å². The van der Waals surface area contributed by atoms with Crippen LogP contribution >= 0.6 is 11.6 Å². The first-order valence-corrected chi connectivity index (χ1v) is 8.40. The highest BCUT2D eigenvalue weighted by atomic mass is 35.5. The van der Waals surface area contributed by atoms with Crippen molar-refractivity contribution in [2.75, 3.05) is 18.5 Å². The van der Waals surface area contributed by atoms with Crippen LogP contribution in [0.25, 0.3) is 0 Å². The number of hydrogen-bond acceptors (Lipinski definition) is 3. The monoisotopic (exact) mass is 358 g/mol. The average molecular weight is 359 g/mol. The zero-order valence-corrected chi connectivity index (χ0v) is 14.6. The molecule has 2 amide bonds. The summed E-state index contributed by atoms with van der Waals surface area (Å²) < 4.78 is 5.29. The first-order chi connectivity index (χ1) is 12.0. The molecule has 0 saturated carbocycles. The third-order valence-corrected chi connectivity index (χ3v) is 4.34. The standard InChI is InChI=1S/C19H19ClN2O3/c1-13-2-4-14(5-3-13)10-22-17(11-25-12-18(22)23)19(24)21-16-8-6-15(20)7-9-16/h2-9,17H,10-12H2,1H3,(H,21,24)/t17-/m0/s1. The second kappa shape index (κ2) is 7.68. The van der Waals surface area contributed by atoms with Gasteiger partial charge in [-0.3, -0.25) is 9.59 Å². The topological polar surface area (TPSA) is 58.6 Å². The van der Waals surface area contributed by atoms with Crippen molar-refractivity contribution in [1.29, 1.82) is 0 Å². The lowest BCUT2D eigenvalue weighted by Gasteiger charge is -2.34. The third-order valence-electron chi connectivity index (χ3n) is 4.09. The highest BCUT2D eigenvalue weighted by Crippen LogP contribution is 2.18. The lowest BCUT2D eigenvalue weighted by molar-refractivity contribution is -0.154. The molecule has 1 atom stereocenters. The van der Waals surface area contributed by atoms with E-state index in [1.807, 2.05) is 31.2 Å². The fraction of sp³-hybridized carbons (Fsp3) is 0.263. The maximum absolute atomic E-state index is 12.6. The second-order valence-electron chi connectivity index (χ2n) is 6.03. The molecule has 1 aliphatic heterocycles. The van der Waals surface area contributed by atoms with E-state index in [9.17, 15) is 9.59 Å². The van der Waals surface area contributed by atoms with Crippen molar-refractivity contribution in [3.05, 3.63) is 64.7 Å². The van der Waals surface area contributed by atoms with Crippen molar-refractivity contribution in [2.24, 2.45) is 0 Å². The van der Waals surface area contributed by atoms with Crippen molar-refractivity contribution in [2.45, 2.75) is 19.5 Å². The van der Waals surface area contributed by atoms with Gasteiger partial charge in [-0.25, -0.2) is 0 Å². The van der Waals surface area contributed by atoms with Crippen LogP contribution in [0, 0.1) is 6.92 Å². The number of aryl methyl sites for hydroxylation is 1. The predicted octanol–water partition coefficient (Wildman–Crippen LogP) is 3.01. The number of anilines is 1. The molecule has 1 saturated heterocycles. The van der Waals surface area contributed by atoms with E-state index in [0.717, 1.165) is 11.1 Å². The van der Waals surface area contributed by atoms with E-state index in [2.05, 4.69) is 5.32 Å². The van der Waals surface area contributed by atoms with E-state index in [1.165, 1.54) is 0 Å². The van der Waals surface area contributed by atoms with Crippen molar-refractivity contribution in [3.8, 4) is 0 Å². The van der Waals surface area contributed by atoms with Crippen molar-refractivity contribution in [3.63, 3.8) is 0 Å². The van der Waals surface area contributed by atoms with Gasteiger partial charge in [0, 0.05) is 17.3 Å². The summed E-state index contributed by atoms with van der Waals surface area (Å²) in [5.41, 5.74) is 2.75. The molecule has 2 aromatic carbocycles. The van der Waals surface area contributed by atoms with Gasteiger partial charge in [-0.1, -0.05) is 41.4 Å². The highest BCUT2D eigenvalue weighted by Gasteiger charge is 2.34. The number of hydrogen-bond donors (Lipinski definition) is 1. The van der Waals surface area contributed by atoms with Gasteiger partial charge in [0.2, 0.25) is 11.8 Å². The van der Waals surface area contributed by atoms with Crippen molar-refractivity contribution < 1.29 is 14.3 Å². The normalized spacial score (nSPS) is 17.4. The maximum Gasteiger partial charge on any atom is 0.249 e. The first kappa shape index (κ1) is 17.5. The number of rotatable bonds is 4. The fourth-order valence-electron chi connectivity index (χ4n) is 2.67. The van der Waals surface area contributed by atoms with Crippen LogP contribution in [0.1, 0.15) is 11.1 Å². The molecule has 0 aromatic heterocycles. The molecule has 25 heavy (non-hydrogen) atoms. The summed E-state index contributed by atoms with van der Waals surface area (Å²) in [6.07, 6.45) is 0. The molecule has 5 nitrogen and oxygen atoms in total. The zero-order valence-electron chi connectivity index (χ0n) is 13.9. The molecule has 6 heteroatoms. The van der Waals surface area contributed by atoms with E-state index >= 15 is 0 Å². The Bertz CT molecular complexity index is 759. The van der Waals surface area contributed by atoms with E-state index in [0.29, 0.717) is 17.3 Å². The van der Waals surface area contributed by atoms with Gasteiger partial charge < -0.3 is 15.0 Å². The SMILES string of the molecule is Cc1ccc(CN2C(=O)COC[C@H]2C(=O)Nc2ccc(Cl)cc2)cc1. The number of amides is 2. The maximum atomic E-state index is 12.6. The number of morpholine rings is 1. The van der Waals surface area contributed by atoms with Gasteiger partial charge in [-0.15, -0.1) is 0 Å². The lowest BCUT2D eigenvalue weighted by atomic mass is 10.1. The van der Waals surface area contributed by atoms with Crippen LogP contribution in [0.3, 0.4) is 0 Å². The minimum atomic E-state index is -0.668. The van der Waals surface area contributed by atoms with Crippen LogP contribution in [0.4, 0.5) is 5.69 Å². The summed E-state index contributed by atoms with van der Waals surface area (Å²) in [6, 6.07) is 14.1. The first-order valence-electron chi connectivity index (χ1n) is 8.02. The predicted molar refractivity (Wildman–Crippen MR) is 96.4 cm³/mol. The zero-order chi connectivity index (χ0) is 17.8. The highest BCUT2D eigenvalue weighted by molar-refractivity contribution is 6.30. The van der Waals surface area contributed by atoms with E-state index in [1.54, 1.807) is 29.2 Å². The molecule has 0 aliphatic carbocycles. The molecule has 1 aliphatic rings. The molecular weight excluding hydrogens is 340 g/mol. The molecule has 1 fully saturated rings. The van der Waals surface area contributed by atoms with Crippen LogP contribution < -0.4 is 5.32 Å². The second-order valence-corrected chi connectivity index (χ2v) is 6.47. The van der Waals surface area contributed by atoms with Crippen molar-refractivity contribution >= 4 is 29.1 Å². The Kier molecular flexibility index (Phi) is 5.36. The molecule has 0 bridgehead atoms. The van der Waals surface area contributed by atoms with Crippen LogP contribution in [0.5, 0.6) is 0 Å². The Labute approximate surface area is 151 Å². The summed E-state index contributed by atoms with van der Waals surface area (Å²) in [6.45, 7) is 2.56. The summed E-state index contributed by atoms with van der Waals surface area (Å²) in [5, 5.41) is 3.41. The molecule has 1 heterocycles. The third kappa shape index (κ3) is 4.38. The molecule has 0 radical (unpaired) electrons. The number of benzene rings is 2. The van der Waals surface area contributed by atoms with Crippen molar-refractivity contribution in [1.82, 2.24) is 4.90 Å². The van der Waals surface area contributed by atoms with Gasteiger partial charge in [0.1, 0.15) is 12.6 Å². The largest absolute Gasteiger partial charge is 0.369 e. The Morgan fingerprint density at radius 3 is 2.56 bits per heavy atom. The van der Waals surface area contributed by atoms with E-state index < -0.39 is 6.04 Å². The number of halogens is 1. The average Bonchev–Trinajstić information content (AvgIpc) is 2.60. The van der Waals surface area contributed by atoms with Gasteiger partial charge >= 0.3 is 0 Å². The van der Waals surface area contributed by atoms with E-state index in [-0.39, 0.29) is 25.0 Å². The lowest BCUT2D eigenvalue weighted by Crippen LogP contribution is -2.54. The minimum absolute atomic E-state index is 0.00339. The Morgan fingerprint density at radius 1 is 1.20 bits per heavy atom. The Balaban J connectivity index is 1.74. The Hall–Kier alpha value is -2.37. The van der Waals surface area contributed by atoms with E-state index in [4.69, 9.17) is 16.3 Å². The molecule has 130 valence electrons. The van der Waals surface area contributed by atoms with Crippen LogP contribution in [0.2, 0.25) is 5.02 Å². The summed E-state index contributed by atoms with van der Waals surface area (Å²) in [7, 11) is 0. The van der Waals surface area contributed by atoms with Gasteiger partial charge in [0.05, 0.1) is 6.61 Å². The van der Waals surface area contributed by atoms with Gasteiger partial charge in [-0.05, 0) is 36.8 Å².